The SMILES string of the molecule is O=C(O)c1ccc(CNC(=O)c2cnc(-c3ccc(F)cc3)c(-c3ccc(O)cc3)c2)cc1. The number of carbonyl (C=O) groups is 2. The van der Waals surface area contributed by atoms with E-state index in [-0.39, 0.29) is 29.6 Å². The summed E-state index contributed by atoms with van der Waals surface area (Å²) in [5.41, 5.74) is 3.89. The molecule has 3 N–H and O–H groups in total. The van der Waals surface area contributed by atoms with Crippen LogP contribution in [0.15, 0.2) is 85.1 Å². The van der Waals surface area contributed by atoms with E-state index in [4.69, 9.17) is 5.11 Å². The molecular weight excluding hydrogens is 423 g/mol. The Bertz CT molecular complexity index is 1300. The molecule has 1 aromatic heterocycles. The minimum Gasteiger partial charge on any atom is -0.508 e. The zero-order valence-electron chi connectivity index (χ0n) is 17.3. The lowest BCUT2D eigenvalue weighted by atomic mass is 9.97. The number of phenolic OH excluding ortho intramolecular Hbond substituents is 1. The molecule has 0 spiro atoms. The Morgan fingerprint density at radius 2 is 1.48 bits per heavy atom. The fourth-order valence-electron chi connectivity index (χ4n) is 3.34. The number of hydrogen-bond acceptors (Lipinski definition) is 4. The monoisotopic (exact) mass is 442 g/mol. The Kier molecular flexibility index (Phi) is 6.13. The first-order valence-corrected chi connectivity index (χ1v) is 10.1. The number of phenols is 1. The van der Waals surface area contributed by atoms with E-state index in [9.17, 15) is 19.1 Å². The van der Waals surface area contributed by atoms with E-state index in [0.717, 1.165) is 11.1 Å². The van der Waals surface area contributed by atoms with Crippen molar-refractivity contribution in [1.82, 2.24) is 10.3 Å². The van der Waals surface area contributed by atoms with Gasteiger partial charge in [0.05, 0.1) is 16.8 Å². The van der Waals surface area contributed by atoms with Gasteiger partial charge in [-0.2, -0.15) is 0 Å². The van der Waals surface area contributed by atoms with Crippen LogP contribution in [0.1, 0.15) is 26.3 Å². The molecule has 1 amide bonds. The molecule has 1 heterocycles. The van der Waals surface area contributed by atoms with Gasteiger partial charge in [0.25, 0.3) is 5.91 Å². The predicted molar refractivity (Wildman–Crippen MR) is 121 cm³/mol. The molecule has 33 heavy (non-hydrogen) atoms. The molecular formula is C26H19FN2O4. The maximum Gasteiger partial charge on any atom is 0.335 e. The van der Waals surface area contributed by atoms with Crippen molar-refractivity contribution in [2.45, 2.75) is 6.54 Å². The standard InChI is InChI=1S/C26H19FN2O4/c27-21-9-5-18(6-10-21)24-23(17-7-11-22(30)12-8-17)13-20(15-28-24)25(31)29-14-16-1-3-19(4-2-16)26(32)33/h1-13,15,30H,14H2,(H,29,31)(H,32,33). The molecule has 0 atom stereocenters. The minimum atomic E-state index is -1.01. The number of carboxylic acids is 1. The van der Waals surface area contributed by atoms with Crippen LogP contribution in [0, 0.1) is 5.82 Å². The van der Waals surface area contributed by atoms with Crippen molar-refractivity contribution in [3.05, 3.63) is 108 Å². The number of nitrogens with one attached hydrogen (secondary N) is 1. The second-order valence-electron chi connectivity index (χ2n) is 7.36. The Labute approximate surface area is 189 Å². The summed E-state index contributed by atoms with van der Waals surface area (Å²) in [5, 5.41) is 21.4. The Balaban J connectivity index is 1.62. The third-order valence-corrected chi connectivity index (χ3v) is 5.10. The Morgan fingerprint density at radius 3 is 2.12 bits per heavy atom. The second kappa shape index (κ2) is 9.32. The third-order valence-electron chi connectivity index (χ3n) is 5.10. The van der Waals surface area contributed by atoms with Crippen LogP contribution in [-0.4, -0.2) is 27.1 Å². The highest BCUT2D eigenvalue weighted by Gasteiger charge is 2.15. The molecule has 0 unspecified atom stereocenters. The van der Waals surface area contributed by atoms with Crippen LogP contribution in [0.4, 0.5) is 4.39 Å². The first-order chi connectivity index (χ1) is 15.9. The molecule has 0 aliphatic rings. The summed E-state index contributed by atoms with van der Waals surface area (Å²) in [7, 11) is 0. The van der Waals surface area contributed by atoms with Crippen molar-refractivity contribution in [1.29, 1.82) is 0 Å². The molecule has 7 heteroatoms. The first kappa shape index (κ1) is 21.7. The molecule has 0 fully saturated rings. The summed E-state index contributed by atoms with van der Waals surface area (Å²) in [4.78, 5) is 28.2. The summed E-state index contributed by atoms with van der Waals surface area (Å²) < 4.78 is 13.4. The van der Waals surface area contributed by atoms with E-state index in [1.165, 1.54) is 42.6 Å². The largest absolute Gasteiger partial charge is 0.508 e. The van der Waals surface area contributed by atoms with Crippen LogP contribution in [0.2, 0.25) is 0 Å². The first-order valence-electron chi connectivity index (χ1n) is 10.1. The predicted octanol–water partition coefficient (Wildman–Crippen LogP) is 4.89. The number of aromatic carboxylic acids is 1. The molecule has 0 aliphatic heterocycles. The highest BCUT2D eigenvalue weighted by Crippen LogP contribution is 2.32. The van der Waals surface area contributed by atoms with Crippen molar-refractivity contribution in [2.24, 2.45) is 0 Å². The Morgan fingerprint density at radius 1 is 0.848 bits per heavy atom. The molecule has 164 valence electrons. The molecule has 4 rings (SSSR count). The van der Waals surface area contributed by atoms with Gasteiger partial charge in [-0.05, 0) is 65.7 Å². The zero-order chi connectivity index (χ0) is 23.4. The van der Waals surface area contributed by atoms with Gasteiger partial charge >= 0.3 is 5.97 Å². The van der Waals surface area contributed by atoms with E-state index < -0.39 is 5.97 Å². The van der Waals surface area contributed by atoms with Gasteiger partial charge in [-0.1, -0.05) is 24.3 Å². The van der Waals surface area contributed by atoms with Crippen molar-refractivity contribution < 1.29 is 24.2 Å². The van der Waals surface area contributed by atoms with Gasteiger partial charge in [0.1, 0.15) is 11.6 Å². The smallest absolute Gasteiger partial charge is 0.335 e. The quantitative estimate of drug-likeness (QED) is 0.395. The van der Waals surface area contributed by atoms with E-state index in [1.54, 1.807) is 42.5 Å². The molecule has 3 aromatic carbocycles. The molecule has 0 radical (unpaired) electrons. The number of pyridine rings is 1. The number of aromatic nitrogens is 1. The topological polar surface area (TPSA) is 99.5 Å². The van der Waals surface area contributed by atoms with Gasteiger partial charge in [-0.3, -0.25) is 9.78 Å². The second-order valence-corrected chi connectivity index (χ2v) is 7.36. The van der Waals surface area contributed by atoms with Crippen LogP contribution in [0.5, 0.6) is 5.75 Å². The number of rotatable bonds is 6. The molecule has 0 bridgehead atoms. The maximum absolute atomic E-state index is 13.4. The van der Waals surface area contributed by atoms with Crippen LogP contribution in [-0.2, 0) is 6.54 Å². The van der Waals surface area contributed by atoms with E-state index in [2.05, 4.69) is 10.3 Å². The number of carboxylic acid groups (broad SMARTS) is 1. The van der Waals surface area contributed by atoms with Crippen LogP contribution in [0.3, 0.4) is 0 Å². The van der Waals surface area contributed by atoms with Crippen LogP contribution < -0.4 is 5.32 Å². The lowest BCUT2D eigenvalue weighted by molar-refractivity contribution is 0.0696. The number of benzene rings is 3. The minimum absolute atomic E-state index is 0.109. The average molecular weight is 442 g/mol. The summed E-state index contributed by atoms with van der Waals surface area (Å²) in [6.07, 6.45) is 1.45. The number of hydrogen-bond donors (Lipinski definition) is 3. The van der Waals surface area contributed by atoms with Crippen molar-refractivity contribution in [2.75, 3.05) is 0 Å². The lowest BCUT2D eigenvalue weighted by Crippen LogP contribution is -2.23. The third kappa shape index (κ3) is 5.04. The van der Waals surface area contributed by atoms with E-state index in [1.807, 2.05) is 0 Å². The summed E-state index contributed by atoms with van der Waals surface area (Å²) in [6.45, 7) is 0.215. The number of nitrogens with zero attached hydrogens (tertiary/aromatic N) is 1. The summed E-state index contributed by atoms with van der Waals surface area (Å²) in [5.74, 6) is -1.62. The number of halogens is 1. The highest BCUT2D eigenvalue weighted by molar-refractivity contribution is 5.96. The molecule has 0 aliphatic carbocycles. The highest BCUT2D eigenvalue weighted by atomic mass is 19.1. The number of aromatic hydroxyl groups is 1. The normalized spacial score (nSPS) is 10.6. The molecule has 0 saturated heterocycles. The zero-order valence-corrected chi connectivity index (χ0v) is 17.3. The van der Waals surface area contributed by atoms with Gasteiger partial charge in [-0.25, -0.2) is 9.18 Å². The number of carbonyl (C=O) groups excluding carboxylic acids is 1. The molecule has 6 nitrogen and oxygen atoms in total. The maximum atomic E-state index is 13.4. The average Bonchev–Trinajstić information content (AvgIpc) is 2.83. The van der Waals surface area contributed by atoms with Gasteiger partial charge in [0.2, 0.25) is 0 Å². The van der Waals surface area contributed by atoms with Crippen molar-refractivity contribution in [3.8, 4) is 28.1 Å². The summed E-state index contributed by atoms with van der Waals surface area (Å²) >= 11 is 0. The molecule has 0 saturated carbocycles. The van der Waals surface area contributed by atoms with Gasteiger partial charge < -0.3 is 15.5 Å². The van der Waals surface area contributed by atoms with E-state index >= 15 is 0 Å². The van der Waals surface area contributed by atoms with Crippen molar-refractivity contribution >= 4 is 11.9 Å². The Hall–Kier alpha value is -4.52. The van der Waals surface area contributed by atoms with Crippen LogP contribution >= 0.6 is 0 Å². The fraction of sp³-hybridized carbons (Fsp3) is 0.0385. The fourth-order valence-corrected chi connectivity index (χ4v) is 3.34. The van der Waals surface area contributed by atoms with Crippen LogP contribution in [0.25, 0.3) is 22.4 Å². The van der Waals surface area contributed by atoms with Gasteiger partial charge in [-0.15, -0.1) is 0 Å². The van der Waals surface area contributed by atoms with Gasteiger partial charge in [0.15, 0.2) is 0 Å². The molecule has 4 aromatic rings. The van der Waals surface area contributed by atoms with Gasteiger partial charge in [0, 0.05) is 23.9 Å². The van der Waals surface area contributed by atoms with E-state index in [0.29, 0.717) is 22.4 Å². The number of amides is 1. The van der Waals surface area contributed by atoms with Crippen molar-refractivity contribution in [3.63, 3.8) is 0 Å². The summed E-state index contributed by atoms with van der Waals surface area (Å²) in [6, 6.07) is 20.3. The lowest BCUT2D eigenvalue weighted by Gasteiger charge is -2.12.